The standard InChI is InChI=1S/C13H20N2O9/c1-24-10-6(14-3-8(18)19)2-13(23,5-17)11(20)9(10)15-7(4-16)12(21)22/h7,11,14,16-17,20,23H,2-5H2,1H3,(H,18,19)(H,21,22)/b15-9-/t7-,11-,13+/m0/s1. The number of hydrogen-bond donors (Lipinski definition) is 7. The maximum atomic E-state index is 11.0. The number of aliphatic carboxylic acids is 2. The molecule has 0 amide bonds. The Morgan fingerprint density at radius 2 is 2.04 bits per heavy atom. The summed E-state index contributed by atoms with van der Waals surface area (Å²) in [6, 6.07) is -1.64. The summed E-state index contributed by atoms with van der Waals surface area (Å²) in [5.41, 5.74) is -2.53. The van der Waals surface area contributed by atoms with Crippen molar-refractivity contribution < 1.29 is 45.0 Å². The van der Waals surface area contributed by atoms with Crippen LogP contribution in [0, 0.1) is 0 Å². The van der Waals surface area contributed by atoms with Crippen LogP contribution in [0.1, 0.15) is 6.42 Å². The Bertz CT molecular complexity index is 560. The van der Waals surface area contributed by atoms with Crippen molar-refractivity contribution in [3.05, 3.63) is 11.5 Å². The Morgan fingerprint density at radius 3 is 2.46 bits per heavy atom. The van der Waals surface area contributed by atoms with Crippen molar-refractivity contribution in [2.24, 2.45) is 4.99 Å². The van der Waals surface area contributed by atoms with Gasteiger partial charge in [0.05, 0.1) is 26.0 Å². The second kappa shape index (κ2) is 8.06. The van der Waals surface area contributed by atoms with Gasteiger partial charge in [0.25, 0.3) is 0 Å². The van der Waals surface area contributed by atoms with Gasteiger partial charge in [-0.1, -0.05) is 0 Å². The van der Waals surface area contributed by atoms with Crippen LogP contribution in [0.15, 0.2) is 16.4 Å². The van der Waals surface area contributed by atoms with E-state index in [1.165, 1.54) is 7.11 Å². The minimum atomic E-state index is -2.12. The van der Waals surface area contributed by atoms with Crippen molar-refractivity contribution in [2.45, 2.75) is 24.2 Å². The van der Waals surface area contributed by atoms with E-state index in [9.17, 15) is 24.9 Å². The van der Waals surface area contributed by atoms with Crippen molar-refractivity contribution in [3.63, 3.8) is 0 Å². The highest BCUT2D eigenvalue weighted by atomic mass is 16.5. The highest BCUT2D eigenvalue weighted by molar-refractivity contribution is 6.05. The molecule has 0 aromatic carbocycles. The molecule has 11 heteroatoms. The molecule has 0 aromatic heterocycles. The second-order valence-corrected chi connectivity index (χ2v) is 5.15. The number of aliphatic hydroxyl groups is 4. The number of nitrogens with zero attached hydrogens (tertiary/aromatic N) is 1. The number of aliphatic hydroxyl groups excluding tert-OH is 3. The van der Waals surface area contributed by atoms with Gasteiger partial charge in [-0.15, -0.1) is 0 Å². The minimum Gasteiger partial charge on any atom is -0.493 e. The molecular formula is C13H20N2O9. The largest absolute Gasteiger partial charge is 0.493 e. The number of hydrogen-bond acceptors (Lipinski definition) is 9. The number of methoxy groups -OCH3 is 1. The maximum Gasteiger partial charge on any atom is 0.330 e. The zero-order valence-corrected chi connectivity index (χ0v) is 12.8. The van der Waals surface area contributed by atoms with Crippen molar-refractivity contribution in [1.82, 2.24) is 5.32 Å². The van der Waals surface area contributed by atoms with E-state index in [1.807, 2.05) is 0 Å². The molecule has 136 valence electrons. The van der Waals surface area contributed by atoms with Crippen molar-refractivity contribution in [3.8, 4) is 0 Å². The molecule has 0 saturated carbocycles. The molecule has 0 spiro atoms. The molecule has 24 heavy (non-hydrogen) atoms. The zero-order chi connectivity index (χ0) is 18.5. The highest BCUT2D eigenvalue weighted by Crippen LogP contribution is 2.31. The fraction of sp³-hybridized carbons (Fsp3) is 0.615. The Balaban J connectivity index is 3.41. The topological polar surface area (TPSA) is 189 Å². The molecule has 7 N–H and O–H groups in total. The molecule has 0 bridgehead atoms. The van der Waals surface area contributed by atoms with Gasteiger partial charge in [-0.2, -0.15) is 0 Å². The summed E-state index contributed by atoms with van der Waals surface area (Å²) in [5.74, 6) is -2.86. The predicted molar refractivity (Wildman–Crippen MR) is 78.3 cm³/mol. The fourth-order valence-corrected chi connectivity index (χ4v) is 2.18. The summed E-state index contributed by atoms with van der Waals surface area (Å²) >= 11 is 0. The van der Waals surface area contributed by atoms with Gasteiger partial charge in [0.1, 0.15) is 24.0 Å². The van der Waals surface area contributed by atoms with Crippen LogP contribution >= 0.6 is 0 Å². The van der Waals surface area contributed by atoms with Gasteiger partial charge in [-0.25, -0.2) is 4.79 Å². The molecule has 0 unspecified atom stereocenters. The van der Waals surface area contributed by atoms with Crippen molar-refractivity contribution in [1.29, 1.82) is 0 Å². The molecule has 1 rings (SSSR count). The molecule has 0 aromatic rings. The Labute approximate surface area is 136 Å². The van der Waals surface area contributed by atoms with Crippen LogP contribution in [0.2, 0.25) is 0 Å². The van der Waals surface area contributed by atoms with Gasteiger partial charge in [0, 0.05) is 6.42 Å². The van der Waals surface area contributed by atoms with Gasteiger partial charge < -0.3 is 40.7 Å². The molecule has 11 nitrogen and oxygen atoms in total. The number of carbonyl (C=O) groups is 2. The van der Waals surface area contributed by atoms with E-state index in [1.54, 1.807) is 0 Å². The van der Waals surface area contributed by atoms with E-state index in [2.05, 4.69) is 10.3 Å². The van der Waals surface area contributed by atoms with Crippen LogP contribution in [0.3, 0.4) is 0 Å². The number of nitrogens with one attached hydrogen (secondary N) is 1. The molecule has 0 heterocycles. The summed E-state index contributed by atoms with van der Waals surface area (Å²) in [5, 5.41) is 59.2. The molecular weight excluding hydrogens is 328 g/mol. The fourth-order valence-electron chi connectivity index (χ4n) is 2.18. The number of carboxylic acid groups (broad SMARTS) is 2. The number of aliphatic imine (C=N–C) groups is 1. The van der Waals surface area contributed by atoms with E-state index in [0.717, 1.165) is 0 Å². The molecule has 3 atom stereocenters. The van der Waals surface area contributed by atoms with Crippen LogP contribution in [-0.4, -0.2) is 92.9 Å². The SMILES string of the molecule is COC1=C(NCC(=O)O)C[C@@](O)(CO)[C@@H](O)/C1=N\[C@@H](CO)C(=O)O. The first-order valence-electron chi connectivity index (χ1n) is 6.86. The lowest BCUT2D eigenvalue weighted by Crippen LogP contribution is -2.55. The summed E-state index contributed by atoms with van der Waals surface area (Å²) in [6.45, 7) is -2.33. The number of carboxylic acids is 2. The Morgan fingerprint density at radius 1 is 1.42 bits per heavy atom. The molecule has 0 aliphatic heterocycles. The first-order chi connectivity index (χ1) is 11.2. The van der Waals surface area contributed by atoms with Crippen LogP contribution in [0.5, 0.6) is 0 Å². The summed E-state index contributed by atoms with van der Waals surface area (Å²) in [6.07, 6.45) is -2.18. The third-order valence-corrected chi connectivity index (χ3v) is 3.44. The van der Waals surface area contributed by atoms with Gasteiger partial charge in [0.2, 0.25) is 0 Å². The Kier molecular flexibility index (Phi) is 6.66. The average Bonchev–Trinajstić information content (AvgIpc) is 2.53. The van der Waals surface area contributed by atoms with Gasteiger partial charge in [0.15, 0.2) is 11.8 Å². The molecule has 0 fully saturated rings. The average molecular weight is 348 g/mol. The monoisotopic (exact) mass is 348 g/mol. The van der Waals surface area contributed by atoms with Crippen LogP contribution in [0.4, 0.5) is 0 Å². The van der Waals surface area contributed by atoms with Gasteiger partial charge >= 0.3 is 11.9 Å². The van der Waals surface area contributed by atoms with E-state index in [-0.39, 0.29) is 17.9 Å². The van der Waals surface area contributed by atoms with Crippen LogP contribution in [0.25, 0.3) is 0 Å². The van der Waals surface area contributed by atoms with E-state index < -0.39 is 55.2 Å². The molecule has 1 aliphatic carbocycles. The van der Waals surface area contributed by atoms with Gasteiger partial charge in [-0.05, 0) is 0 Å². The minimum absolute atomic E-state index is 0.0163. The highest BCUT2D eigenvalue weighted by Gasteiger charge is 2.46. The summed E-state index contributed by atoms with van der Waals surface area (Å²) in [4.78, 5) is 25.4. The van der Waals surface area contributed by atoms with E-state index in [0.29, 0.717) is 0 Å². The molecule has 1 aliphatic rings. The smallest absolute Gasteiger partial charge is 0.330 e. The van der Waals surface area contributed by atoms with Crippen molar-refractivity contribution >= 4 is 17.7 Å². The third kappa shape index (κ3) is 4.20. The summed E-state index contributed by atoms with van der Waals surface area (Å²) < 4.78 is 5.05. The Hall–Kier alpha value is -2.21. The van der Waals surface area contributed by atoms with Gasteiger partial charge in [-0.3, -0.25) is 9.79 Å². The zero-order valence-electron chi connectivity index (χ0n) is 12.8. The first kappa shape index (κ1) is 19.8. The normalized spacial score (nSPS) is 27.0. The molecule has 0 saturated heterocycles. The van der Waals surface area contributed by atoms with Crippen LogP contribution < -0.4 is 5.32 Å². The molecule has 0 radical (unpaired) electrons. The lowest BCUT2D eigenvalue weighted by molar-refractivity contribution is -0.139. The quantitative estimate of drug-likeness (QED) is 0.236. The number of rotatable bonds is 8. The van der Waals surface area contributed by atoms with Crippen LogP contribution in [-0.2, 0) is 14.3 Å². The predicted octanol–water partition coefficient (Wildman–Crippen LogP) is -3.11. The first-order valence-corrected chi connectivity index (χ1v) is 6.86. The maximum absolute atomic E-state index is 11.0. The van der Waals surface area contributed by atoms with E-state index in [4.69, 9.17) is 20.1 Å². The summed E-state index contributed by atoms with van der Waals surface area (Å²) in [7, 11) is 1.18. The number of ether oxygens (including phenoxy) is 1. The lowest BCUT2D eigenvalue weighted by Gasteiger charge is -2.38. The second-order valence-electron chi connectivity index (χ2n) is 5.15. The third-order valence-electron chi connectivity index (χ3n) is 3.44. The van der Waals surface area contributed by atoms with E-state index >= 15 is 0 Å². The lowest BCUT2D eigenvalue weighted by atomic mass is 9.82. The van der Waals surface area contributed by atoms with Crippen molar-refractivity contribution in [2.75, 3.05) is 26.9 Å².